The summed E-state index contributed by atoms with van der Waals surface area (Å²) in [5.41, 5.74) is 0. The van der Waals surface area contributed by atoms with Gasteiger partial charge in [-0.2, -0.15) is 0 Å². The first kappa shape index (κ1) is 73.3. The van der Waals surface area contributed by atoms with Gasteiger partial charge in [0.15, 0.2) is 6.29 Å². The third kappa shape index (κ3) is 46.6. The van der Waals surface area contributed by atoms with Gasteiger partial charge in [-0.1, -0.05) is 276 Å². The molecular weight excluding hydrogens is 983 g/mol. The predicted molar refractivity (Wildman–Crippen MR) is 336 cm³/mol. The summed E-state index contributed by atoms with van der Waals surface area (Å²) in [7, 11) is 0. The molecule has 6 N–H and O–H groups in total. The van der Waals surface area contributed by atoms with Gasteiger partial charge in [-0.05, 0) is 96.3 Å². The van der Waals surface area contributed by atoms with Gasteiger partial charge in [0.25, 0.3) is 0 Å². The fourth-order valence-corrected chi connectivity index (χ4v) is 9.24. The molecule has 1 rings (SSSR count). The highest BCUT2D eigenvalue weighted by Gasteiger charge is 2.44. The summed E-state index contributed by atoms with van der Waals surface area (Å²) in [4.78, 5) is 13.1. The van der Waals surface area contributed by atoms with E-state index in [4.69, 9.17) is 9.47 Å². The Bertz CT molecular complexity index is 1700. The second-order valence-electron chi connectivity index (χ2n) is 21.5. The Morgan fingerprint density at radius 2 is 0.785 bits per heavy atom. The Hall–Kier alpha value is -3.67. The quantitative estimate of drug-likeness (QED) is 0.0261. The molecule has 0 aliphatic carbocycles. The van der Waals surface area contributed by atoms with Crippen LogP contribution in [-0.2, 0) is 14.3 Å². The van der Waals surface area contributed by atoms with E-state index in [1.165, 1.54) is 109 Å². The third-order valence-electron chi connectivity index (χ3n) is 14.2. The molecule has 0 aromatic heterocycles. The number of nitrogens with one attached hydrogen (secondary N) is 1. The molecule has 1 fully saturated rings. The molecule has 1 saturated heterocycles. The summed E-state index contributed by atoms with van der Waals surface area (Å²) < 4.78 is 11.3. The summed E-state index contributed by atoms with van der Waals surface area (Å²) in [5, 5.41) is 54.6. The van der Waals surface area contributed by atoms with Crippen molar-refractivity contribution in [2.24, 2.45) is 0 Å². The molecule has 0 spiro atoms. The fraction of sp³-hybridized carbons (Fsp3) is 0.671. The van der Waals surface area contributed by atoms with E-state index in [9.17, 15) is 30.3 Å². The Morgan fingerprint density at radius 3 is 1.16 bits per heavy atom. The van der Waals surface area contributed by atoms with E-state index in [1.807, 2.05) is 6.08 Å². The third-order valence-corrected chi connectivity index (χ3v) is 14.2. The average Bonchev–Trinajstić information content (AvgIpc) is 3.47. The van der Waals surface area contributed by atoms with Crippen molar-refractivity contribution >= 4 is 5.91 Å². The van der Waals surface area contributed by atoms with Gasteiger partial charge in [0.2, 0.25) is 5.91 Å². The number of ether oxygens (including phenoxy) is 2. The van der Waals surface area contributed by atoms with E-state index >= 15 is 0 Å². The van der Waals surface area contributed by atoms with Gasteiger partial charge in [-0.3, -0.25) is 4.79 Å². The number of hydrogen-bond donors (Lipinski definition) is 6. The number of hydrogen-bond acceptors (Lipinski definition) is 8. The minimum atomic E-state index is -1.58. The van der Waals surface area contributed by atoms with Gasteiger partial charge in [0.05, 0.1) is 25.4 Å². The highest BCUT2D eigenvalue weighted by atomic mass is 16.7. The zero-order valence-electron chi connectivity index (χ0n) is 50.1. The number of carbonyl (C=O) groups is 1. The molecule has 450 valence electrons. The monoisotopic (exact) mass is 1100 g/mol. The normalized spacial score (nSPS) is 19.5. The molecular formula is C70H117NO8. The lowest BCUT2D eigenvalue weighted by molar-refractivity contribution is -0.302. The van der Waals surface area contributed by atoms with Crippen LogP contribution in [0.1, 0.15) is 245 Å². The van der Waals surface area contributed by atoms with Gasteiger partial charge in [0, 0.05) is 6.42 Å². The molecule has 0 aromatic rings. The molecule has 9 heteroatoms. The van der Waals surface area contributed by atoms with Gasteiger partial charge in [-0.25, -0.2) is 0 Å². The van der Waals surface area contributed by atoms with Crippen LogP contribution in [0.5, 0.6) is 0 Å². The Morgan fingerprint density at radius 1 is 0.443 bits per heavy atom. The maximum Gasteiger partial charge on any atom is 0.220 e. The summed E-state index contributed by atoms with van der Waals surface area (Å²) >= 11 is 0. The van der Waals surface area contributed by atoms with Crippen LogP contribution in [0.25, 0.3) is 0 Å². The van der Waals surface area contributed by atoms with Crippen LogP contribution in [0.15, 0.2) is 134 Å². The van der Waals surface area contributed by atoms with E-state index in [0.717, 1.165) is 116 Å². The van der Waals surface area contributed by atoms with E-state index < -0.39 is 49.5 Å². The Labute approximate surface area is 483 Å². The molecule has 1 aliphatic rings. The first-order chi connectivity index (χ1) is 38.8. The number of allylic oxidation sites excluding steroid dienone is 21. The summed E-state index contributed by atoms with van der Waals surface area (Å²) in [5.74, 6) is -0.205. The van der Waals surface area contributed by atoms with Crippen LogP contribution < -0.4 is 5.32 Å². The van der Waals surface area contributed by atoms with Crippen LogP contribution in [0, 0.1) is 0 Å². The van der Waals surface area contributed by atoms with E-state index in [0.29, 0.717) is 6.42 Å². The van der Waals surface area contributed by atoms with Crippen molar-refractivity contribution in [2.45, 2.75) is 288 Å². The molecule has 1 heterocycles. The molecule has 1 aliphatic heterocycles. The van der Waals surface area contributed by atoms with Crippen molar-refractivity contribution in [3.05, 3.63) is 134 Å². The minimum absolute atomic E-state index is 0.205. The standard InChI is InChI=1S/C70H117NO8/c1-3-5-7-9-11-13-15-17-19-21-23-25-26-27-28-29-30-31-32-33-34-35-36-37-38-40-42-44-46-48-50-52-54-56-58-60-66(74)71-63(62-78-70-69(77)68(76)67(75)65(61-72)79-70)64(73)59-57-55-53-51-49-47-45-43-41-39-24-22-20-18-16-14-12-10-8-6-4-2/h5,7,11,13,17,19,23,25,27-28,30-31,33-34,36-37,40,42,46,48,57,59,63-65,67-70,72-73,75-77H,3-4,6,8-10,12,14-16,18,20-22,24,26,29,32,35,38-39,41,43-45,47,49-56,58,60-62H2,1-2H3,(H,71,74)/b7-5-,13-11-,19-17-,25-23-,28-27-,31-30-,34-33-,37-36-,42-40-,48-46-,59-57+. The lowest BCUT2D eigenvalue weighted by atomic mass is 9.99. The maximum atomic E-state index is 13.1. The average molecular weight is 1100 g/mol. The smallest absolute Gasteiger partial charge is 0.220 e. The number of rotatable bonds is 53. The highest BCUT2D eigenvalue weighted by Crippen LogP contribution is 2.23. The van der Waals surface area contributed by atoms with Crippen molar-refractivity contribution in [1.82, 2.24) is 5.32 Å². The topological polar surface area (TPSA) is 149 Å². The molecule has 7 unspecified atom stereocenters. The van der Waals surface area contributed by atoms with Crippen LogP contribution >= 0.6 is 0 Å². The number of aliphatic hydroxyl groups is 5. The highest BCUT2D eigenvalue weighted by molar-refractivity contribution is 5.76. The molecule has 0 aromatic carbocycles. The number of amides is 1. The van der Waals surface area contributed by atoms with E-state index in [1.54, 1.807) is 6.08 Å². The summed E-state index contributed by atoms with van der Waals surface area (Å²) in [6.07, 6.45) is 80.9. The summed E-state index contributed by atoms with van der Waals surface area (Å²) in [6.45, 7) is 3.66. The molecule has 0 bridgehead atoms. The lowest BCUT2D eigenvalue weighted by Gasteiger charge is -2.40. The Balaban J connectivity index is 2.24. The molecule has 79 heavy (non-hydrogen) atoms. The zero-order chi connectivity index (χ0) is 57.2. The van der Waals surface area contributed by atoms with Crippen molar-refractivity contribution in [3.8, 4) is 0 Å². The largest absolute Gasteiger partial charge is 0.394 e. The first-order valence-corrected chi connectivity index (χ1v) is 31.9. The second-order valence-corrected chi connectivity index (χ2v) is 21.5. The lowest BCUT2D eigenvalue weighted by Crippen LogP contribution is -2.60. The summed E-state index contributed by atoms with van der Waals surface area (Å²) in [6, 6.07) is -0.830. The van der Waals surface area contributed by atoms with Crippen molar-refractivity contribution in [3.63, 3.8) is 0 Å². The number of aliphatic hydroxyl groups excluding tert-OH is 5. The van der Waals surface area contributed by atoms with Gasteiger partial charge >= 0.3 is 0 Å². The predicted octanol–water partition coefficient (Wildman–Crippen LogP) is 16.9. The number of unbranched alkanes of at least 4 members (excludes halogenated alkanes) is 23. The van der Waals surface area contributed by atoms with Gasteiger partial charge in [-0.15, -0.1) is 0 Å². The van der Waals surface area contributed by atoms with Crippen LogP contribution in [-0.4, -0.2) is 87.5 Å². The molecule has 7 atom stereocenters. The van der Waals surface area contributed by atoms with Crippen LogP contribution in [0.2, 0.25) is 0 Å². The van der Waals surface area contributed by atoms with Crippen molar-refractivity contribution in [1.29, 1.82) is 0 Å². The zero-order valence-corrected chi connectivity index (χ0v) is 50.1. The van der Waals surface area contributed by atoms with Crippen molar-refractivity contribution in [2.75, 3.05) is 13.2 Å². The molecule has 0 radical (unpaired) electrons. The van der Waals surface area contributed by atoms with Crippen molar-refractivity contribution < 1.29 is 39.8 Å². The van der Waals surface area contributed by atoms with Crippen LogP contribution in [0.3, 0.4) is 0 Å². The molecule has 0 saturated carbocycles. The first-order valence-electron chi connectivity index (χ1n) is 31.9. The van der Waals surface area contributed by atoms with Gasteiger partial charge in [0.1, 0.15) is 24.4 Å². The molecule has 1 amide bonds. The van der Waals surface area contributed by atoms with Gasteiger partial charge < -0.3 is 40.3 Å². The maximum absolute atomic E-state index is 13.1. The van der Waals surface area contributed by atoms with E-state index in [-0.39, 0.29) is 12.5 Å². The SMILES string of the molecule is CC/C=C\C/C=C\C/C=C\C/C=C\C/C=C\C/C=C\C/C=C\C/C=C\C/C=C\C/C=C\CCCCCCC(=O)NC(COC1OC(CO)C(O)C(O)C1O)C(O)/C=C/CCCCCCCCCCCCCCCCCCCCC. The fourth-order valence-electron chi connectivity index (χ4n) is 9.24. The second kappa shape index (κ2) is 57.6. The number of carbonyl (C=O) groups excluding carboxylic acids is 1. The van der Waals surface area contributed by atoms with Crippen LogP contribution in [0.4, 0.5) is 0 Å². The minimum Gasteiger partial charge on any atom is -0.394 e. The Kier molecular flexibility index (Phi) is 53.4. The van der Waals surface area contributed by atoms with E-state index in [2.05, 4.69) is 141 Å². The molecule has 9 nitrogen and oxygen atoms in total.